The van der Waals surface area contributed by atoms with Gasteiger partial charge >= 0.3 is 0 Å². The number of hydrogen-bond donors (Lipinski definition) is 2. The Morgan fingerprint density at radius 2 is 1.91 bits per heavy atom. The van der Waals surface area contributed by atoms with E-state index in [2.05, 4.69) is 53.6 Å². The zero-order valence-corrected chi connectivity index (χ0v) is 15.1. The summed E-state index contributed by atoms with van der Waals surface area (Å²) in [5.74, 6) is 0.423. The summed E-state index contributed by atoms with van der Waals surface area (Å²) in [5, 5.41) is 6.39. The standard InChI is InChI=1S/C18H29N3O.ClH/c1-3-16-4-6-17(7-5-16)15(2)14-18(22)20-10-13-21-11-8-19-9-12-21;/h4-7,15,19H,3,8-14H2,1-2H3,(H,20,22);1H. The van der Waals surface area contributed by atoms with E-state index in [4.69, 9.17) is 0 Å². The third-order valence-electron chi connectivity index (χ3n) is 4.41. The normalized spacial score (nSPS) is 16.4. The number of benzene rings is 1. The van der Waals surface area contributed by atoms with Crippen molar-refractivity contribution in [1.82, 2.24) is 15.5 Å². The maximum Gasteiger partial charge on any atom is 0.220 e. The molecule has 5 heteroatoms. The number of aryl methyl sites for hydroxylation is 1. The highest BCUT2D eigenvalue weighted by atomic mass is 35.5. The molecule has 0 aromatic heterocycles. The molecule has 1 fully saturated rings. The molecular weight excluding hydrogens is 310 g/mol. The molecule has 4 nitrogen and oxygen atoms in total. The number of nitrogens with one attached hydrogen (secondary N) is 2. The highest BCUT2D eigenvalue weighted by Gasteiger charge is 2.12. The van der Waals surface area contributed by atoms with Gasteiger partial charge in [0.25, 0.3) is 0 Å². The van der Waals surface area contributed by atoms with Crippen molar-refractivity contribution in [3.8, 4) is 0 Å². The van der Waals surface area contributed by atoms with Crippen LogP contribution in [0.2, 0.25) is 0 Å². The van der Waals surface area contributed by atoms with Gasteiger partial charge in [0.15, 0.2) is 0 Å². The smallest absolute Gasteiger partial charge is 0.220 e. The quantitative estimate of drug-likeness (QED) is 0.800. The summed E-state index contributed by atoms with van der Waals surface area (Å²) in [7, 11) is 0. The average molecular weight is 340 g/mol. The highest BCUT2D eigenvalue weighted by Crippen LogP contribution is 2.19. The number of halogens is 1. The lowest BCUT2D eigenvalue weighted by molar-refractivity contribution is -0.121. The molecule has 1 aromatic carbocycles. The van der Waals surface area contributed by atoms with Crippen molar-refractivity contribution in [2.24, 2.45) is 0 Å². The first-order valence-electron chi connectivity index (χ1n) is 8.47. The van der Waals surface area contributed by atoms with E-state index >= 15 is 0 Å². The van der Waals surface area contributed by atoms with E-state index in [0.29, 0.717) is 6.42 Å². The lowest BCUT2D eigenvalue weighted by Gasteiger charge is -2.27. The van der Waals surface area contributed by atoms with Crippen molar-refractivity contribution in [2.45, 2.75) is 32.6 Å². The lowest BCUT2D eigenvalue weighted by Crippen LogP contribution is -2.46. The summed E-state index contributed by atoms with van der Waals surface area (Å²) in [5.41, 5.74) is 2.59. The molecule has 1 aromatic rings. The Balaban J connectivity index is 0.00000264. The SMILES string of the molecule is CCc1ccc(C(C)CC(=O)NCCN2CCNCC2)cc1.Cl. The molecule has 0 aliphatic carbocycles. The Kier molecular flexibility index (Phi) is 9.22. The molecule has 1 saturated heterocycles. The van der Waals surface area contributed by atoms with Crippen LogP contribution in [0.15, 0.2) is 24.3 Å². The molecule has 130 valence electrons. The summed E-state index contributed by atoms with van der Waals surface area (Å²) >= 11 is 0. The topological polar surface area (TPSA) is 44.4 Å². The van der Waals surface area contributed by atoms with Gasteiger partial charge in [-0.15, -0.1) is 12.4 Å². The van der Waals surface area contributed by atoms with Crippen molar-refractivity contribution in [1.29, 1.82) is 0 Å². The van der Waals surface area contributed by atoms with Crippen molar-refractivity contribution in [3.05, 3.63) is 35.4 Å². The van der Waals surface area contributed by atoms with Crippen LogP contribution < -0.4 is 10.6 Å². The van der Waals surface area contributed by atoms with E-state index in [9.17, 15) is 4.79 Å². The third-order valence-corrected chi connectivity index (χ3v) is 4.41. The van der Waals surface area contributed by atoms with Crippen LogP contribution in [0.1, 0.15) is 37.3 Å². The number of hydrogen-bond acceptors (Lipinski definition) is 3. The molecule has 1 atom stereocenters. The van der Waals surface area contributed by atoms with Gasteiger partial charge in [-0.3, -0.25) is 9.69 Å². The number of carbonyl (C=O) groups is 1. The first-order chi connectivity index (χ1) is 10.7. The summed E-state index contributed by atoms with van der Waals surface area (Å²) in [6, 6.07) is 8.62. The molecule has 1 aliphatic heterocycles. The molecule has 0 spiro atoms. The van der Waals surface area contributed by atoms with Crippen LogP contribution in [0.3, 0.4) is 0 Å². The van der Waals surface area contributed by atoms with Gasteiger partial charge in [0.2, 0.25) is 5.91 Å². The van der Waals surface area contributed by atoms with E-state index in [0.717, 1.165) is 45.7 Å². The summed E-state index contributed by atoms with van der Waals surface area (Å²) in [6.45, 7) is 10.2. The molecular formula is C18H30ClN3O. The number of nitrogens with zero attached hydrogens (tertiary/aromatic N) is 1. The Morgan fingerprint density at radius 3 is 2.52 bits per heavy atom. The predicted molar refractivity (Wildman–Crippen MR) is 98.4 cm³/mol. The fourth-order valence-corrected chi connectivity index (χ4v) is 2.84. The van der Waals surface area contributed by atoms with E-state index in [1.165, 1.54) is 11.1 Å². The van der Waals surface area contributed by atoms with Gasteiger partial charge in [-0.2, -0.15) is 0 Å². The maximum absolute atomic E-state index is 12.0. The van der Waals surface area contributed by atoms with Crippen LogP contribution in [-0.2, 0) is 11.2 Å². The fraction of sp³-hybridized carbons (Fsp3) is 0.611. The minimum absolute atomic E-state index is 0. The molecule has 0 bridgehead atoms. The van der Waals surface area contributed by atoms with Crippen LogP contribution in [-0.4, -0.2) is 50.1 Å². The van der Waals surface area contributed by atoms with E-state index in [1.807, 2.05) is 0 Å². The zero-order valence-electron chi connectivity index (χ0n) is 14.3. The van der Waals surface area contributed by atoms with Crippen molar-refractivity contribution in [3.63, 3.8) is 0 Å². The molecule has 0 radical (unpaired) electrons. The molecule has 1 unspecified atom stereocenters. The molecule has 2 N–H and O–H groups in total. The fourth-order valence-electron chi connectivity index (χ4n) is 2.84. The Hall–Kier alpha value is -1.10. The predicted octanol–water partition coefficient (Wildman–Crippen LogP) is 2.19. The Bertz CT molecular complexity index is 458. The van der Waals surface area contributed by atoms with Gasteiger partial charge in [-0.05, 0) is 23.5 Å². The Labute approximate surface area is 146 Å². The second kappa shape index (κ2) is 10.6. The van der Waals surface area contributed by atoms with Crippen LogP contribution >= 0.6 is 12.4 Å². The van der Waals surface area contributed by atoms with E-state index in [-0.39, 0.29) is 24.2 Å². The second-order valence-corrected chi connectivity index (χ2v) is 6.14. The van der Waals surface area contributed by atoms with E-state index in [1.54, 1.807) is 0 Å². The minimum atomic E-state index is 0. The van der Waals surface area contributed by atoms with E-state index < -0.39 is 0 Å². The van der Waals surface area contributed by atoms with Crippen LogP contribution in [0.4, 0.5) is 0 Å². The zero-order chi connectivity index (χ0) is 15.8. The lowest BCUT2D eigenvalue weighted by atomic mass is 9.96. The van der Waals surface area contributed by atoms with Crippen molar-refractivity contribution >= 4 is 18.3 Å². The number of piperazine rings is 1. The van der Waals surface area contributed by atoms with Gasteiger partial charge in [0.1, 0.15) is 0 Å². The van der Waals surface area contributed by atoms with Gasteiger partial charge in [-0.1, -0.05) is 38.1 Å². The first-order valence-corrected chi connectivity index (χ1v) is 8.47. The third kappa shape index (κ3) is 6.90. The molecule has 1 heterocycles. The summed E-state index contributed by atoms with van der Waals surface area (Å²) < 4.78 is 0. The molecule has 2 rings (SSSR count). The first kappa shape index (κ1) is 19.9. The molecule has 23 heavy (non-hydrogen) atoms. The molecule has 1 amide bonds. The largest absolute Gasteiger partial charge is 0.355 e. The molecule has 0 saturated carbocycles. The summed E-state index contributed by atoms with van der Waals surface area (Å²) in [6.07, 6.45) is 1.62. The van der Waals surface area contributed by atoms with Crippen LogP contribution in [0, 0.1) is 0 Å². The monoisotopic (exact) mass is 339 g/mol. The van der Waals surface area contributed by atoms with Crippen LogP contribution in [0.25, 0.3) is 0 Å². The second-order valence-electron chi connectivity index (χ2n) is 6.14. The van der Waals surface area contributed by atoms with Crippen molar-refractivity contribution < 1.29 is 4.79 Å². The van der Waals surface area contributed by atoms with Crippen LogP contribution in [0.5, 0.6) is 0 Å². The summed E-state index contributed by atoms with van der Waals surface area (Å²) in [4.78, 5) is 14.4. The van der Waals surface area contributed by atoms with Crippen molar-refractivity contribution in [2.75, 3.05) is 39.3 Å². The van der Waals surface area contributed by atoms with Gasteiger partial charge in [-0.25, -0.2) is 0 Å². The number of rotatable bonds is 7. The minimum Gasteiger partial charge on any atom is -0.355 e. The van der Waals surface area contributed by atoms with Gasteiger partial charge in [0.05, 0.1) is 0 Å². The number of amides is 1. The average Bonchev–Trinajstić information content (AvgIpc) is 2.56. The van der Waals surface area contributed by atoms with Gasteiger partial charge in [0, 0.05) is 45.7 Å². The highest BCUT2D eigenvalue weighted by molar-refractivity contribution is 5.85. The Morgan fingerprint density at radius 1 is 1.26 bits per heavy atom. The molecule has 1 aliphatic rings. The van der Waals surface area contributed by atoms with Gasteiger partial charge < -0.3 is 10.6 Å². The number of carbonyl (C=O) groups excluding carboxylic acids is 1. The maximum atomic E-state index is 12.0.